The number of carbonyl (C=O) groups is 1. The number of benzene rings is 1. The monoisotopic (exact) mass is 391 g/mol. The molecule has 150 valence electrons. The Kier molecular flexibility index (Phi) is 6.70. The molecule has 0 atom stereocenters. The van der Waals surface area contributed by atoms with Gasteiger partial charge in [0, 0.05) is 43.7 Å². The van der Waals surface area contributed by atoms with Gasteiger partial charge >= 0.3 is 0 Å². The number of amides is 1. The minimum atomic E-state index is -0.102. The summed E-state index contributed by atoms with van der Waals surface area (Å²) in [7, 11) is 4.04. The van der Waals surface area contributed by atoms with Crippen molar-refractivity contribution in [2.75, 3.05) is 43.1 Å². The lowest BCUT2D eigenvalue weighted by atomic mass is 10.2. The Bertz CT molecular complexity index is 943. The van der Waals surface area contributed by atoms with Crippen molar-refractivity contribution in [3.05, 3.63) is 54.7 Å². The normalized spacial score (nSPS) is 10.6. The van der Waals surface area contributed by atoms with Crippen LogP contribution in [0.1, 0.15) is 6.92 Å². The number of likely N-dealkylation sites (N-methyl/N-ethyl adjacent to an activating group) is 1. The van der Waals surface area contributed by atoms with Gasteiger partial charge in [0.15, 0.2) is 0 Å². The molecule has 8 nitrogen and oxygen atoms in total. The Morgan fingerprint density at radius 2 is 1.76 bits per heavy atom. The Hall–Kier alpha value is -3.52. The third-order valence-electron chi connectivity index (χ3n) is 3.97. The Balaban J connectivity index is 1.83. The summed E-state index contributed by atoms with van der Waals surface area (Å²) in [6.45, 7) is 3.07. The fourth-order valence-corrected chi connectivity index (χ4v) is 2.62. The fourth-order valence-electron chi connectivity index (χ4n) is 2.62. The zero-order valence-electron chi connectivity index (χ0n) is 16.8. The number of aromatic nitrogens is 3. The molecule has 0 saturated carbocycles. The van der Waals surface area contributed by atoms with E-state index in [1.807, 2.05) is 62.6 Å². The van der Waals surface area contributed by atoms with Crippen LogP contribution in [0.15, 0.2) is 54.7 Å². The molecule has 3 N–H and O–H groups in total. The molecule has 0 aliphatic heterocycles. The molecule has 1 aromatic carbocycles. The van der Waals surface area contributed by atoms with Gasteiger partial charge in [-0.05, 0) is 50.5 Å². The second kappa shape index (κ2) is 9.61. The van der Waals surface area contributed by atoms with Gasteiger partial charge in [0.2, 0.25) is 11.9 Å². The first-order chi connectivity index (χ1) is 14.0. The lowest BCUT2D eigenvalue weighted by Gasteiger charge is -2.13. The van der Waals surface area contributed by atoms with Gasteiger partial charge in [-0.15, -0.1) is 0 Å². The van der Waals surface area contributed by atoms with Crippen LogP contribution in [-0.2, 0) is 4.79 Å². The van der Waals surface area contributed by atoms with Crippen LogP contribution in [0.4, 0.5) is 23.1 Å². The first kappa shape index (κ1) is 20.2. The lowest BCUT2D eigenvalue weighted by molar-refractivity contribution is -0.114. The molecule has 3 aromatic rings. The number of nitrogens with one attached hydrogen (secondary N) is 3. The van der Waals surface area contributed by atoms with E-state index in [2.05, 4.69) is 35.8 Å². The third kappa shape index (κ3) is 6.25. The summed E-state index contributed by atoms with van der Waals surface area (Å²) in [5, 5.41) is 9.31. The topological polar surface area (TPSA) is 95.1 Å². The average molecular weight is 391 g/mol. The zero-order chi connectivity index (χ0) is 20.6. The molecule has 0 saturated heterocycles. The number of nitrogens with zero attached hydrogens (tertiary/aromatic N) is 4. The van der Waals surface area contributed by atoms with Crippen molar-refractivity contribution in [3.8, 4) is 11.4 Å². The first-order valence-corrected chi connectivity index (χ1v) is 9.33. The molecule has 0 aliphatic rings. The van der Waals surface area contributed by atoms with Crippen LogP contribution >= 0.6 is 0 Å². The quantitative estimate of drug-likeness (QED) is 0.543. The zero-order valence-corrected chi connectivity index (χ0v) is 16.8. The number of carbonyl (C=O) groups excluding carboxylic acids is 1. The summed E-state index contributed by atoms with van der Waals surface area (Å²) in [6, 6.07) is 15.0. The predicted octanol–water partition coefficient (Wildman–Crippen LogP) is 3.21. The number of hydrogen-bond acceptors (Lipinski definition) is 7. The van der Waals surface area contributed by atoms with E-state index in [9.17, 15) is 4.79 Å². The maximum atomic E-state index is 11.2. The molecule has 0 fully saturated rings. The molecule has 0 radical (unpaired) electrons. The van der Waals surface area contributed by atoms with E-state index < -0.39 is 0 Å². The molecule has 3 rings (SSSR count). The molecule has 1 amide bonds. The summed E-state index contributed by atoms with van der Waals surface area (Å²) >= 11 is 0. The summed E-state index contributed by atoms with van der Waals surface area (Å²) < 4.78 is 0. The van der Waals surface area contributed by atoms with E-state index in [0.717, 1.165) is 35.9 Å². The Morgan fingerprint density at radius 1 is 1.00 bits per heavy atom. The molecule has 2 heterocycles. The van der Waals surface area contributed by atoms with E-state index in [0.29, 0.717) is 11.8 Å². The largest absolute Gasteiger partial charge is 0.353 e. The number of anilines is 4. The molecular formula is C21H25N7O. The van der Waals surface area contributed by atoms with Crippen LogP contribution < -0.4 is 16.0 Å². The second-order valence-corrected chi connectivity index (χ2v) is 6.79. The highest BCUT2D eigenvalue weighted by molar-refractivity contribution is 5.88. The van der Waals surface area contributed by atoms with E-state index in [4.69, 9.17) is 0 Å². The van der Waals surface area contributed by atoms with Crippen molar-refractivity contribution in [1.29, 1.82) is 0 Å². The van der Waals surface area contributed by atoms with E-state index in [1.165, 1.54) is 6.92 Å². The highest BCUT2D eigenvalue weighted by Crippen LogP contribution is 2.23. The molecule has 0 unspecified atom stereocenters. The molecular weight excluding hydrogens is 366 g/mol. The van der Waals surface area contributed by atoms with Gasteiger partial charge in [0.05, 0.1) is 11.4 Å². The van der Waals surface area contributed by atoms with Crippen molar-refractivity contribution in [2.45, 2.75) is 6.92 Å². The second-order valence-electron chi connectivity index (χ2n) is 6.79. The third-order valence-corrected chi connectivity index (χ3v) is 3.97. The van der Waals surface area contributed by atoms with E-state index in [-0.39, 0.29) is 5.91 Å². The van der Waals surface area contributed by atoms with Gasteiger partial charge in [0.1, 0.15) is 5.82 Å². The van der Waals surface area contributed by atoms with Crippen molar-refractivity contribution in [3.63, 3.8) is 0 Å². The van der Waals surface area contributed by atoms with Gasteiger partial charge in [0.25, 0.3) is 0 Å². The van der Waals surface area contributed by atoms with Crippen molar-refractivity contribution >= 4 is 29.0 Å². The highest BCUT2D eigenvalue weighted by atomic mass is 16.1. The molecule has 29 heavy (non-hydrogen) atoms. The molecule has 0 spiro atoms. The standard InChI is InChI=1S/C21H25N7O/c1-15(29)24-16-7-9-17(10-8-16)25-20-14-19(18-6-4-5-11-22-18)26-21(27-20)23-12-13-28(2)3/h4-11,14H,12-13H2,1-3H3,(H,24,29)(H2,23,25,26,27). The van der Waals surface area contributed by atoms with Gasteiger partial charge in [-0.25, -0.2) is 4.98 Å². The molecule has 0 aliphatic carbocycles. The van der Waals surface area contributed by atoms with Gasteiger partial charge < -0.3 is 20.9 Å². The van der Waals surface area contributed by atoms with Gasteiger partial charge in [-0.3, -0.25) is 9.78 Å². The predicted molar refractivity (Wildman–Crippen MR) is 116 cm³/mol. The number of hydrogen-bond donors (Lipinski definition) is 3. The smallest absolute Gasteiger partial charge is 0.225 e. The van der Waals surface area contributed by atoms with Crippen LogP contribution in [0.25, 0.3) is 11.4 Å². The lowest BCUT2D eigenvalue weighted by Crippen LogP contribution is -2.21. The maximum absolute atomic E-state index is 11.2. The van der Waals surface area contributed by atoms with Crippen LogP contribution in [0.5, 0.6) is 0 Å². The van der Waals surface area contributed by atoms with Crippen LogP contribution in [0, 0.1) is 0 Å². The molecule has 0 bridgehead atoms. The molecule has 2 aromatic heterocycles. The van der Waals surface area contributed by atoms with Crippen LogP contribution in [0.3, 0.4) is 0 Å². The average Bonchev–Trinajstić information content (AvgIpc) is 2.69. The Labute approximate surface area is 170 Å². The molecule has 8 heteroatoms. The fraction of sp³-hybridized carbons (Fsp3) is 0.238. The van der Waals surface area contributed by atoms with Gasteiger partial charge in [-0.2, -0.15) is 4.98 Å². The van der Waals surface area contributed by atoms with Crippen molar-refractivity contribution < 1.29 is 4.79 Å². The minimum Gasteiger partial charge on any atom is -0.353 e. The maximum Gasteiger partial charge on any atom is 0.225 e. The van der Waals surface area contributed by atoms with Gasteiger partial charge in [-0.1, -0.05) is 6.07 Å². The van der Waals surface area contributed by atoms with Crippen LogP contribution in [-0.4, -0.2) is 52.9 Å². The van der Waals surface area contributed by atoms with E-state index in [1.54, 1.807) is 6.20 Å². The summed E-state index contributed by atoms with van der Waals surface area (Å²) in [6.07, 6.45) is 1.74. The summed E-state index contributed by atoms with van der Waals surface area (Å²) in [5.41, 5.74) is 3.09. The highest BCUT2D eigenvalue weighted by Gasteiger charge is 2.08. The van der Waals surface area contributed by atoms with E-state index >= 15 is 0 Å². The number of rotatable bonds is 8. The summed E-state index contributed by atoms with van der Waals surface area (Å²) in [4.78, 5) is 26.8. The first-order valence-electron chi connectivity index (χ1n) is 9.33. The SMILES string of the molecule is CC(=O)Nc1ccc(Nc2cc(-c3ccccn3)nc(NCCN(C)C)n2)cc1. The van der Waals surface area contributed by atoms with Crippen LogP contribution in [0.2, 0.25) is 0 Å². The Morgan fingerprint density at radius 3 is 2.41 bits per heavy atom. The minimum absolute atomic E-state index is 0.102. The van der Waals surface area contributed by atoms with Crippen molar-refractivity contribution in [1.82, 2.24) is 19.9 Å². The number of pyridine rings is 1. The van der Waals surface area contributed by atoms with Crippen molar-refractivity contribution in [2.24, 2.45) is 0 Å². The summed E-state index contributed by atoms with van der Waals surface area (Å²) in [5.74, 6) is 1.09.